The molecule has 0 spiro atoms. The summed E-state index contributed by atoms with van der Waals surface area (Å²) >= 11 is 0. The first kappa shape index (κ1) is 14.5. The van der Waals surface area contributed by atoms with Gasteiger partial charge in [0.05, 0.1) is 0 Å². The summed E-state index contributed by atoms with van der Waals surface area (Å²) in [4.78, 5) is 2.51. The topological polar surface area (TPSA) is 45.5 Å². The minimum atomic E-state index is 0.991. The summed E-state index contributed by atoms with van der Waals surface area (Å²) in [7, 11) is 0. The number of pyridine rings is 1. The molecule has 5 nitrogen and oxygen atoms in total. The first-order valence-electron chi connectivity index (χ1n) is 8.04. The van der Waals surface area contributed by atoms with Crippen molar-refractivity contribution in [3.8, 4) is 0 Å². The summed E-state index contributed by atoms with van der Waals surface area (Å²) in [5.41, 5.74) is 3.70. The van der Waals surface area contributed by atoms with E-state index in [1.165, 1.54) is 24.1 Å². The van der Waals surface area contributed by atoms with Gasteiger partial charge in [-0.05, 0) is 37.5 Å². The first-order valence-corrected chi connectivity index (χ1v) is 8.04. The zero-order valence-electron chi connectivity index (χ0n) is 13.1. The van der Waals surface area contributed by atoms with E-state index in [1.54, 1.807) is 0 Å². The summed E-state index contributed by atoms with van der Waals surface area (Å²) in [5, 5.41) is 12.0. The van der Waals surface area contributed by atoms with Crippen molar-refractivity contribution < 1.29 is 0 Å². The van der Waals surface area contributed by atoms with Crippen LogP contribution in [0.2, 0.25) is 0 Å². The highest BCUT2D eigenvalue weighted by molar-refractivity contribution is 5.44. The standard InChI is InChI=1S/C16H25N5/c1-3-4-5-15-10-14(12-20-8-6-17-7-9-20)11-16-19-18-13(2)21(15)16/h10-11,17H,3-9,12H2,1-2H3. The Hall–Kier alpha value is -1.46. The Kier molecular flexibility index (Phi) is 4.51. The number of aryl methyl sites for hydroxylation is 2. The van der Waals surface area contributed by atoms with Crippen LogP contribution >= 0.6 is 0 Å². The van der Waals surface area contributed by atoms with Gasteiger partial charge in [-0.3, -0.25) is 9.30 Å². The second-order valence-electron chi connectivity index (χ2n) is 5.93. The zero-order valence-corrected chi connectivity index (χ0v) is 13.1. The highest BCUT2D eigenvalue weighted by Gasteiger charge is 2.13. The molecule has 0 saturated carbocycles. The van der Waals surface area contributed by atoms with Crippen LogP contribution in [-0.2, 0) is 13.0 Å². The Morgan fingerprint density at radius 1 is 1.19 bits per heavy atom. The molecule has 5 heteroatoms. The Labute approximate surface area is 126 Å². The number of nitrogens with one attached hydrogen (secondary N) is 1. The van der Waals surface area contributed by atoms with Gasteiger partial charge in [-0.15, -0.1) is 10.2 Å². The largest absolute Gasteiger partial charge is 0.314 e. The van der Waals surface area contributed by atoms with Gasteiger partial charge in [0.2, 0.25) is 0 Å². The van der Waals surface area contributed by atoms with Gasteiger partial charge in [-0.2, -0.15) is 0 Å². The van der Waals surface area contributed by atoms with Gasteiger partial charge < -0.3 is 5.32 Å². The number of aromatic nitrogens is 3. The van der Waals surface area contributed by atoms with Crippen molar-refractivity contribution in [1.29, 1.82) is 0 Å². The van der Waals surface area contributed by atoms with E-state index >= 15 is 0 Å². The van der Waals surface area contributed by atoms with Crippen molar-refractivity contribution in [2.75, 3.05) is 26.2 Å². The maximum atomic E-state index is 4.32. The van der Waals surface area contributed by atoms with Crippen molar-refractivity contribution in [3.63, 3.8) is 0 Å². The van der Waals surface area contributed by atoms with Crippen LogP contribution in [0.1, 0.15) is 36.8 Å². The molecule has 2 aromatic rings. The average molecular weight is 287 g/mol. The Morgan fingerprint density at radius 3 is 2.76 bits per heavy atom. The molecule has 1 aliphatic rings. The van der Waals surface area contributed by atoms with Crippen LogP contribution in [0.15, 0.2) is 12.1 Å². The van der Waals surface area contributed by atoms with Crippen LogP contribution in [0.25, 0.3) is 5.65 Å². The summed E-state index contributed by atoms with van der Waals surface area (Å²) in [6.45, 7) is 9.72. The van der Waals surface area contributed by atoms with Crippen molar-refractivity contribution in [2.45, 2.75) is 39.7 Å². The van der Waals surface area contributed by atoms with Crippen LogP contribution in [0.3, 0.4) is 0 Å². The lowest BCUT2D eigenvalue weighted by atomic mass is 10.1. The van der Waals surface area contributed by atoms with Crippen molar-refractivity contribution in [1.82, 2.24) is 24.8 Å². The third-order valence-electron chi connectivity index (χ3n) is 4.21. The molecule has 1 saturated heterocycles. The molecule has 1 aliphatic heterocycles. The molecular weight excluding hydrogens is 262 g/mol. The molecule has 2 aromatic heterocycles. The van der Waals surface area contributed by atoms with Crippen molar-refractivity contribution in [2.24, 2.45) is 0 Å². The van der Waals surface area contributed by atoms with E-state index in [2.05, 4.69) is 43.9 Å². The second kappa shape index (κ2) is 6.54. The summed E-state index contributed by atoms with van der Waals surface area (Å²) < 4.78 is 2.21. The van der Waals surface area contributed by atoms with E-state index in [-0.39, 0.29) is 0 Å². The monoisotopic (exact) mass is 287 g/mol. The minimum Gasteiger partial charge on any atom is -0.314 e. The van der Waals surface area contributed by atoms with E-state index < -0.39 is 0 Å². The molecule has 1 fully saturated rings. The van der Waals surface area contributed by atoms with E-state index in [0.717, 1.165) is 50.6 Å². The summed E-state index contributed by atoms with van der Waals surface area (Å²) in [6.07, 6.45) is 3.52. The molecule has 0 atom stereocenters. The Balaban J connectivity index is 1.88. The predicted octanol–water partition coefficient (Wildman–Crippen LogP) is 1.79. The molecular formula is C16H25N5. The molecule has 21 heavy (non-hydrogen) atoms. The normalized spacial score (nSPS) is 16.7. The fourth-order valence-corrected chi connectivity index (χ4v) is 3.07. The third kappa shape index (κ3) is 3.24. The van der Waals surface area contributed by atoms with Gasteiger partial charge in [-0.25, -0.2) is 0 Å². The summed E-state index contributed by atoms with van der Waals surface area (Å²) in [6, 6.07) is 4.54. The maximum absolute atomic E-state index is 4.32. The third-order valence-corrected chi connectivity index (χ3v) is 4.21. The lowest BCUT2D eigenvalue weighted by Gasteiger charge is -2.27. The Bertz CT molecular complexity index is 598. The number of piperazine rings is 1. The van der Waals surface area contributed by atoms with Crippen molar-refractivity contribution >= 4 is 5.65 Å². The molecule has 0 bridgehead atoms. The maximum Gasteiger partial charge on any atom is 0.161 e. The van der Waals surface area contributed by atoms with E-state index in [1.807, 2.05) is 6.92 Å². The van der Waals surface area contributed by atoms with Gasteiger partial charge in [-0.1, -0.05) is 13.3 Å². The van der Waals surface area contributed by atoms with Crippen LogP contribution in [0, 0.1) is 6.92 Å². The molecule has 0 amide bonds. The summed E-state index contributed by atoms with van der Waals surface area (Å²) in [5.74, 6) is 0.991. The molecule has 0 aliphatic carbocycles. The highest BCUT2D eigenvalue weighted by Crippen LogP contribution is 2.16. The second-order valence-corrected chi connectivity index (χ2v) is 5.93. The van der Waals surface area contributed by atoms with Crippen LogP contribution in [-0.4, -0.2) is 45.7 Å². The van der Waals surface area contributed by atoms with E-state index in [0.29, 0.717) is 0 Å². The minimum absolute atomic E-state index is 0.991. The molecule has 3 rings (SSSR count). The van der Waals surface area contributed by atoms with Gasteiger partial charge >= 0.3 is 0 Å². The number of rotatable bonds is 5. The van der Waals surface area contributed by atoms with Crippen LogP contribution < -0.4 is 5.32 Å². The smallest absolute Gasteiger partial charge is 0.161 e. The molecule has 0 radical (unpaired) electrons. The molecule has 3 heterocycles. The lowest BCUT2D eigenvalue weighted by molar-refractivity contribution is 0.233. The number of fused-ring (bicyclic) bond motifs is 1. The number of hydrogen-bond acceptors (Lipinski definition) is 4. The Morgan fingerprint density at radius 2 is 2.00 bits per heavy atom. The van der Waals surface area contributed by atoms with Gasteiger partial charge in [0.15, 0.2) is 5.65 Å². The molecule has 1 N–H and O–H groups in total. The highest BCUT2D eigenvalue weighted by atomic mass is 15.2. The number of hydrogen-bond donors (Lipinski definition) is 1. The van der Waals surface area contributed by atoms with Gasteiger partial charge in [0.1, 0.15) is 5.82 Å². The van der Waals surface area contributed by atoms with E-state index in [4.69, 9.17) is 0 Å². The average Bonchev–Trinajstić information content (AvgIpc) is 2.87. The fraction of sp³-hybridized carbons (Fsp3) is 0.625. The number of unbranched alkanes of at least 4 members (excludes halogenated alkanes) is 1. The fourth-order valence-electron chi connectivity index (χ4n) is 3.07. The number of nitrogens with zero attached hydrogens (tertiary/aromatic N) is 4. The lowest BCUT2D eigenvalue weighted by Crippen LogP contribution is -2.42. The van der Waals surface area contributed by atoms with Gasteiger partial charge in [0.25, 0.3) is 0 Å². The first-order chi connectivity index (χ1) is 10.3. The quantitative estimate of drug-likeness (QED) is 0.910. The predicted molar refractivity (Wildman–Crippen MR) is 84.5 cm³/mol. The van der Waals surface area contributed by atoms with Crippen molar-refractivity contribution in [3.05, 3.63) is 29.2 Å². The molecule has 114 valence electrons. The van der Waals surface area contributed by atoms with Crippen LogP contribution in [0.5, 0.6) is 0 Å². The van der Waals surface area contributed by atoms with Crippen LogP contribution in [0.4, 0.5) is 0 Å². The van der Waals surface area contributed by atoms with E-state index in [9.17, 15) is 0 Å². The zero-order chi connectivity index (χ0) is 14.7. The molecule has 0 aromatic carbocycles. The molecule has 0 unspecified atom stereocenters. The SMILES string of the molecule is CCCCc1cc(CN2CCNCC2)cc2nnc(C)n12. The van der Waals surface area contributed by atoms with Gasteiger partial charge in [0, 0.05) is 38.4 Å².